The number of allylic oxidation sites excluding steroid dienone is 6. The molecule has 1 heterocycles. The maximum absolute atomic E-state index is 11.7. The summed E-state index contributed by atoms with van der Waals surface area (Å²) in [6, 6.07) is 3.76. The van der Waals surface area contributed by atoms with E-state index in [1.165, 1.54) is 38.5 Å². The Kier molecular flexibility index (Phi) is 16.4. The summed E-state index contributed by atoms with van der Waals surface area (Å²) in [5, 5.41) is 0. The lowest BCUT2D eigenvalue weighted by Crippen LogP contribution is -2.04. The van der Waals surface area contributed by atoms with Crippen LogP contribution in [0.1, 0.15) is 89.5 Å². The molecule has 1 aromatic rings. The van der Waals surface area contributed by atoms with Gasteiger partial charge in [0.1, 0.15) is 6.61 Å². The van der Waals surface area contributed by atoms with Crippen LogP contribution in [0.5, 0.6) is 0 Å². The maximum Gasteiger partial charge on any atom is 0.306 e. The van der Waals surface area contributed by atoms with Gasteiger partial charge in [0.05, 0.1) is 0 Å². The van der Waals surface area contributed by atoms with Crippen LogP contribution in [0.15, 0.2) is 61.0 Å². The molecule has 0 bridgehead atoms. The molecule has 3 heteroatoms. The number of esters is 1. The van der Waals surface area contributed by atoms with E-state index in [2.05, 4.69) is 48.4 Å². The molecule has 0 N–H and O–H groups in total. The number of aromatic nitrogens is 1. The third-order valence-corrected chi connectivity index (χ3v) is 4.64. The van der Waals surface area contributed by atoms with Gasteiger partial charge in [-0.05, 0) is 51.0 Å². The number of unbranched alkanes of at least 4 members (excludes halogenated alkanes) is 7. The van der Waals surface area contributed by atoms with Gasteiger partial charge in [0.25, 0.3) is 0 Å². The standard InChI is InChI=1S/C26H39NO2/c1-2-3-4-5-6-7-8-9-10-11-12-13-14-15-16-17-18-21-26(28)29-24-25-20-19-22-27-23-25/h6-7,9-10,12-13,19-20,22-23H,2-5,8,11,14-18,21,24H2,1H3/b7-6-,10-9-,13-12-. The van der Waals surface area contributed by atoms with Crippen LogP contribution < -0.4 is 0 Å². The Morgan fingerprint density at radius 2 is 1.55 bits per heavy atom. The van der Waals surface area contributed by atoms with E-state index in [0.717, 1.165) is 37.7 Å². The molecule has 0 atom stereocenters. The molecule has 0 fully saturated rings. The van der Waals surface area contributed by atoms with E-state index >= 15 is 0 Å². The summed E-state index contributed by atoms with van der Waals surface area (Å²) in [5.41, 5.74) is 0.932. The lowest BCUT2D eigenvalue weighted by molar-refractivity contribution is -0.145. The van der Waals surface area contributed by atoms with Gasteiger partial charge in [-0.2, -0.15) is 0 Å². The normalized spacial score (nSPS) is 11.8. The molecule has 0 spiro atoms. The Labute approximate surface area is 178 Å². The van der Waals surface area contributed by atoms with E-state index < -0.39 is 0 Å². The van der Waals surface area contributed by atoms with Gasteiger partial charge in [0.15, 0.2) is 0 Å². The van der Waals surface area contributed by atoms with Gasteiger partial charge in [-0.15, -0.1) is 0 Å². The Morgan fingerprint density at radius 3 is 2.21 bits per heavy atom. The molecule has 160 valence electrons. The van der Waals surface area contributed by atoms with Crippen molar-refractivity contribution < 1.29 is 9.53 Å². The van der Waals surface area contributed by atoms with Gasteiger partial charge in [-0.25, -0.2) is 0 Å². The molecule has 1 aromatic heterocycles. The lowest BCUT2D eigenvalue weighted by Gasteiger charge is -2.04. The zero-order chi connectivity index (χ0) is 20.8. The van der Waals surface area contributed by atoms with Gasteiger partial charge >= 0.3 is 5.97 Å². The summed E-state index contributed by atoms with van der Waals surface area (Å²) in [7, 11) is 0. The number of ether oxygens (including phenoxy) is 1. The van der Waals surface area contributed by atoms with Crippen molar-refractivity contribution in [3.63, 3.8) is 0 Å². The highest BCUT2D eigenvalue weighted by Gasteiger charge is 2.03. The third kappa shape index (κ3) is 16.5. The summed E-state index contributed by atoms with van der Waals surface area (Å²) in [6.07, 6.45) is 30.2. The van der Waals surface area contributed by atoms with E-state index in [-0.39, 0.29) is 5.97 Å². The van der Waals surface area contributed by atoms with Crippen molar-refractivity contribution in [1.82, 2.24) is 4.98 Å². The zero-order valence-electron chi connectivity index (χ0n) is 18.2. The first kappa shape index (κ1) is 24.9. The SMILES string of the molecule is CCCCC/C=C\C/C=C\C/C=C\CCCCCCC(=O)OCc1cccnc1. The summed E-state index contributed by atoms with van der Waals surface area (Å²) < 4.78 is 5.26. The molecule has 29 heavy (non-hydrogen) atoms. The molecular weight excluding hydrogens is 358 g/mol. The summed E-state index contributed by atoms with van der Waals surface area (Å²) in [4.78, 5) is 15.7. The second-order valence-corrected chi connectivity index (χ2v) is 7.36. The average molecular weight is 398 g/mol. The minimum Gasteiger partial charge on any atom is -0.461 e. The van der Waals surface area contributed by atoms with Crippen molar-refractivity contribution in [3.05, 3.63) is 66.5 Å². The number of carbonyl (C=O) groups is 1. The van der Waals surface area contributed by atoms with Crippen molar-refractivity contribution in [2.24, 2.45) is 0 Å². The first-order chi connectivity index (χ1) is 14.3. The van der Waals surface area contributed by atoms with Gasteiger partial charge < -0.3 is 4.74 Å². The number of rotatable bonds is 17. The van der Waals surface area contributed by atoms with Crippen molar-refractivity contribution >= 4 is 5.97 Å². The first-order valence-electron chi connectivity index (χ1n) is 11.3. The van der Waals surface area contributed by atoms with Crippen molar-refractivity contribution in [3.8, 4) is 0 Å². The summed E-state index contributed by atoms with van der Waals surface area (Å²) in [5.74, 6) is -0.114. The van der Waals surface area contributed by atoms with Gasteiger partial charge in [-0.3, -0.25) is 9.78 Å². The van der Waals surface area contributed by atoms with Crippen LogP contribution in [0, 0.1) is 0 Å². The van der Waals surface area contributed by atoms with Crippen LogP contribution in [-0.4, -0.2) is 11.0 Å². The van der Waals surface area contributed by atoms with Crippen molar-refractivity contribution in [2.45, 2.75) is 90.6 Å². The molecule has 0 saturated heterocycles. The van der Waals surface area contributed by atoms with Gasteiger partial charge in [0, 0.05) is 24.4 Å². The monoisotopic (exact) mass is 397 g/mol. The van der Waals surface area contributed by atoms with Crippen LogP contribution >= 0.6 is 0 Å². The highest BCUT2D eigenvalue weighted by atomic mass is 16.5. The van der Waals surface area contributed by atoms with Crippen LogP contribution in [0.2, 0.25) is 0 Å². The van der Waals surface area contributed by atoms with Gasteiger partial charge in [0.2, 0.25) is 0 Å². The minimum atomic E-state index is -0.114. The highest BCUT2D eigenvalue weighted by Crippen LogP contribution is 2.08. The molecule has 0 unspecified atom stereocenters. The fourth-order valence-corrected chi connectivity index (χ4v) is 2.89. The lowest BCUT2D eigenvalue weighted by atomic mass is 10.1. The predicted molar refractivity (Wildman–Crippen MR) is 123 cm³/mol. The Morgan fingerprint density at radius 1 is 0.897 bits per heavy atom. The zero-order valence-corrected chi connectivity index (χ0v) is 18.2. The Balaban J connectivity index is 1.87. The molecule has 0 amide bonds. The van der Waals surface area contributed by atoms with E-state index in [4.69, 9.17) is 4.74 Å². The van der Waals surface area contributed by atoms with E-state index in [1.807, 2.05) is 12.1 Å². The van der Waals surface area contributed by atoms with Crippen molar-refractivity contribution in [2.75, 3.05) is 0 Å². The molecular formula is C26H39NO2. The first-order valence-corrected chi connectivity index (χ1v) is 11.3. The predicted octanol–water partition coefficient (Wildman–Crippen LogP) is 7.49. The number of nitrogens with zero attached hydrogens (tertiary/aromatic N) is 1. The molecule has 1 rings (SSSR count). The Hall–Kier alpha value is -2.16. The maximum atomic E-state index is 11.7. The van der Waals surface area contributed by atoms with Crippen LogP contribution in [0.3, 0.4) is 0 Å². The third-order valence-electron chi connectivity index (χ3n) is 4.64. The molecule has 0 aliphatic rings. The number of pyridine rings is 1. The Bertz CT molecular complexity index is 590. The molecule has 0 aliphatic carbocycles. The topological polar surface area (TPSA) is 39.2 Å². The van der Waals surface area contributed by atoms with Gasteiger partial charge in [-0.1, -0.05) is 75.1 Å². The number of hydrogen-bond acceptors (Lipinski definition) is 3. The smallest absolute Gasteiger partial charge is 0.306 e. The fourth-order valence-electron chi connectivity index (χ4n) is 2.89. The molecule has 0 aliphatic heterocycles. The molecule has 0 saturated carbocycles. The highest BCUT2D eigenvalue weighted by molar-refractivity contribution is 5.69. The summed E-state index contributed by atoms with van der Waals surface area (Å²) >= 11 is 0. The quantitative estimate of drug-likeness (QED) is 0.155. The van der Waals surface area contributed by atoms with Crippen LogP contribution in [0.4, 0.5) is 0 Å². The fraction of sp³-hybridized carbons (Fsp3) is 0.538. The number of carbonyl (C=O) groups excluding carboxylic acids is 1. The second-order valence-electron chi connectivity index (χ2n) is 7.36. The average Bonchev–Trinajstić information content (AvgIpc) is 2.75. The largest absolute Gasteiger partial charge is 0.461 e. The minimum absolute atomic E-state index is 0.114. The summed E-state index contributed by atoms with van der Waals surface area (Å²) in [6.45, 7) is 2.56. The molecule has 3 nitrogen and oxygen atoms in total. The van der Waals surface area contributed by atoms with E-state index in [0.29, 0.717) is 13.0 Å². The molecule has 0 radical (unpaired) electrons. The molecule has 0 aromatic carbocycles. The van der Waals surface area contributed by atoms with Crippen molar-refractivity contribution in [1.29, 1.82) is 0 Å². The van der Waals surface area contributed by atoms with E-state index in [1.54, 1.807) is 12.4 Å². The second kappa shape index (κ2) is 19.2. The number of hydrogen-bond donors (Lipinski definition) is 0. The van der Waals surface area contributed by atoms with Crippen LogP contribution in [0.25, 0.3) is 0 Å². The van der Waals surface area contributed by atoms with Crippen LogP contribution in [-0.2, 0) is 16.1 Å². The van der Waals surface area contributed by atoms with E-state index in [9.17, 15) is 4.79 Å².